The largest absolute Gasteiger partial charge is 0.497 e. The molecule has 2 atom stereocenters. The van der Waals surface area contributed by atoms with Crippen molar-refractivity contribution in [2.45, 2.75) is 31.5 Å². The topological polar surface area (TPSA) is 89.0 Å². The van der Waals surface area contributed by atoms with Gasteiger partial charge < -0.3 is 24.6 Å². The van der Waals surface area contributed by atoms with Crippen LogP contribution in [0, 0.1) is 5.82 Å². The molecule has 2 aromatic heterocycles. The molecule has 8 nitrogen and oxygen atoms in total. The van der Waals surface area contributed by atoms with Gasteiger partial charge in [0.25, 0.3) is 0 Å². The third kappa shape index (κ3) is 6.30. The molecular weight excluding hydrogens is 546 g/mol. The minimum atomic E-state index is -0.457. The van der Waals surface area contributed by atoms with Gasteiger partial charge in [0, 0.05) is 55.4 Å². The number of halogens is 4. The lowest BCUT2D eigenvalue weighted by Crippen LogP contribution is -2.45. The highest BCUT2D eigenvalue weighted by Crippen LogP contribution is 2.40. The number of hydrogen-bond acceptors (Lipinski definition) is 8. The van der Waals surface area contributed by atoms with Crippen molar-refractivity contribution in [2.24, 2.45) is 0 Å². The number of ether oxygens (including phenoxy) is 3. The molecule has 37 heavy (non-hydrogen) atoms. The molecule has 0 radical (unpaired) electrons. The second-order valence-corrected chi connectivity index (χ2v) is 9.13. The Labute approximate surface area is 232 Å². The SMILES string of the molecule is COc1cc(F)c2ncc(Cl)c(C3CC(NCc4cc5c(cn4)OCCO5)CCN3CCO)c2c1.Cl.Cl. The predicted octanol–water partition coefficient (Wildman–Crippen LogP) is 4.33. The molecule has 2 aliphatic rings. The van der Waals surface area contributed by atoms with E-state index >= 15 is 0 Å². The lowest BCUT2D eigenvalue weighted by atomic mass is 9.89. The summed E-state index contributed by atoms with van der Waals surface area (Å²) in [6.07, 6.45) is 4.81. The maximum atomic E-state index is 14.8. The lowest BCUT2D eigenvalue weighted by molar-refractivity contribution is 0.0999. The molecular formula is C25H30Cl3FN4O4. The minimum absolute atomic E-state index is 0. The van der Waals surface area contributed by atoms with Crippen LogP contribution in [0.3, 0.4) is 0 Å². The maximum Gasteiger partial charge on any atom is 0.179 e. The van der Waals surface area contributed by atoms with Gasteiger partial charge in [-0.3, -0.25) is 14.9 Å². The van der Waals surface area contributed by atoms with Crippen LogP contribution in [-0.2, 0) is 6.54 Å². The second kappa shape index (κ2) is 13.1. The molecule has 4 heterocycles. The smallest absolute Gasteiger partial charge is 0.179 e. The van der Waals surface area contributed by atoms with E-state index in [0.717, 1.165) is 30.6 Å². The van der Waals surface area contributed by atoms with Gasteiger partial charge in [-0.1, -0.05) is 11.6 Å². The number of nitrogens with one attached hydrogen (secondary N) is 1. The summed E-state index contributed by atoms with van der Waals surface area (Å²) in [5.41, 5.74) is 1.92. The van der Waals surface area contributed by atoms with Crippen LogP contribution in [0.15, 0.2) is 30.6 Å². The van der Waals surface area contributed by atoms with Crippen molar-refractivity contribution < 1.29 is 23.7 Å². The number of aliphatic hydroxyl groups excluding tert-OH is 1. The Kier molecular flexibility index (Phi) is 10.4. The van der Waals surface area contributed by atoms with Gasteiger partial charge in [-0.25, -0.2) is 4.39 Å². The van der Waals surface area contributed by atoms with E-state index in [9.17, 15) is 9.50 Å². The van der Waals surface area contributed by atoms with E-state index in [1.807, 2.05) is 6.07 Å². The van der Waals surface area contributed by atoms with Crippen LogP contribution in [0.2, 0.25) is 5.02 Å². The van der Waals surface area contributed by atoms with Crippen molar-refractivity contribution in [2.75, 3.05) is 40.0 Å². The fourth-order valence-corrected chi connectivity index (χ4v) is 5.19. The fraction of sp³-hybridized carbons (Fsp3) is 0.440. The number of aromatic nitrogens is 2. The van der Waals surface area contributed by atoms with Crippen molar-refractivity contribution in [3.63, 3.8) is 0 Å². The number of fused-ring (bicyclic) bond motifs is 2. The van der Waals surface area contributed by atoms with Crippen molar-refractivity contribution in [1.29, 1.82) is 0 Å². The van der Waals surface area contributed by atoms with Crippen molar-refractivity contribution in [3.8, 4) is 17.2 Å². The molecule has 0 amide bonds. The van der Waals surface area contributed by atoms with Crippen LogP contribution in [0.1, 0.15) is 30.1 Å². The first-order chi connectivity index (χ1) is 17.1. The average molecular weight is 576 g/mol. The fourth-order valence-electron chi connectivity index (χ4n) is 4.92. The van der Waals surface area contributed by atoms with Crippen LogP contribution in [0.4, 0.5) is 4.39 Å². The summed E-state index contributed by atoms with van der Waals surface area (Å²) in [7, 11) is 1.50. The van der Waals surface area contributed by atoms with Crippen molar-refractivity contribution in [3.05, 3.63) is 52.7 Å². The van der Waals surface area contributed by atoms with Crippen LogP contribution in [-0.4, -0.2) is 66.0 Å². The first kappa shape index (κ1) is 29.4. The van der Waals surface area contributed by atoms with Crippen molar-refractivity contribution >= 4 is 47.3 Å². The average Bonchev–Trinajstić information content (AvgIpc) is 2.88. The quantitative estimate of drug-likeness (QED) is 0.430. The molecule has 1 fully saturated rings. The lowest BCUT2D eigenvalue weighted by Gasteiger charge is -2.40. The molecule has 3 aromatic rings. The zero-order valence-electron chi connectivity index (χ0n) is 20.3. The van der Waals surface area contributed by atoms with Gasteiger partial charge in [-0.15, -0.1) is 24.8 Å². The zero-order chi connectivity index (χ0) is 24.4. The first-order valence-corrected chi connectivity index (χ1v) is 12.1. The molecule has 202 valence electrons. The number of likely N-dealkylation sites (tertiary alicyclic amines) is 1. The summed E-state index contributed by atoms with van der Waals surface area (Å²) in [5, 5.41) is 14.4. The van der Waals surface area contributed by atoms with Crippen LogP contribution in [0.25, 0.3) is 10.9 Å². The number of β-amino-alcohol motifs (C(OH)–C–C–N with tert-alkyl or cyclic N) is 1. The number of nitrogens with zero attached hydrogens (tertiary/aromatic N) is 3. The van der Waals surface area contributed by atoms with Gasteiger partial charge >= 0.3 is 0 Å². The summed E-state index contributed by atoms with van der Waals surface area (Å²) >= 11 is 6.67. The monoisotopic (exact) mass is 574 g/mol. The number of benzene rings is 1. The van der Waals surface area contributed by atoms with E-state index < -0.39 is 5.82 Å². The van der Waals surface area contributed by atoms with Crippen LogP contribution >= 0.6 is 36.4 Å². The number of aliphatic hydroxyl groups is 1. The molecule has 0 aliphatic carbocycles. The number of hydrogen-bond donors (Lipinski definition) is 2. The summed E-state index contributed by atoms with van der Waals surface area (Å²) in [5.74, 6) is 1.33. The molecule has 1 saturated heterocycles. The maximum absolute atomic E-state index is 14.8. The highest BCUT2D eigenvalue weighted by molar-refractivity contribution is 6.32. The third-order valence-corrected chi connectivity index (χ3v) is 6.92. The molecule has 0 spiro atoms. The molecule has 2 N–H and O–H groups in total. The molecule has 0 bridgehead atoms. The Bertz CT molecular complexity index is 1220. The van der Waals surface area contributed by atoms with E-state index in [1.54, 1.807) is 12.3 Å². The predicted molar refractivity (Wildman–Crippen MR) is 144 cm³/mol. The summed E-state index contributed by atoms with van der Waals surface area (Å²) in [6.45, 7) is 2.90. The van der Waals surface area contributed by atoms with Gasteiger partial charge in [0.1, 0.15) is 24.5 Å². The van der Waals surface area contributed by atoms with E-state index in [4.69, 9.17) is 25.8 Å². The van der Waals surface area contributed by atoms with E-state index in [1.165, 1.54) is 19.4 Å². The van der Waals surface area contributed by atoms with Gasteiger partial charge in [-0.2, -0.15) is 0 Å². The molecule has 1 aromatic carbocycles. The van der Waals surface area contributed by atoms with E-state index in [-0.39, 0.29) is 49.0 Å². The standard InChI is InChI=1S/C25H28ClFN4O4.2ClH/c1-33-17-10-18-24(19(26)13-30-25(18)20(27)11-17)21-8-15(2-3-31(21)4-5-32)28-12-16-9-22-23(14-29-16)35-7-6-34-22;;/h9-11,13-15,21,28,32H,2-8,12H2,1H3;2*1H. The molecule has 12 heteroatoms. The molecule has 2 unspecified atom stereocenters. The van der Waals surface area contributed by atoms with Gasteiger partial charge in [0.05, 0.1) is 30.6 Å². The molecule has 0 saturated carbocycles. The normalized spacial score (nSPS) is 19.1. The highest BCUT2D eigenvalue weighted by Gasteiger charge is 2.32. The van der Waals surface area contributed by atoms with Gasteiger partial charge in [0.15, 0.2) is 17.3 Å². The third-order valence-electron chi connectivity index (χ3n) is 6.62. The minimum Gasteiger partial charge on any atom is -0.497 e. The number of pyridine rings is 2. The second-order valence-electron chi connectivity index (χ2n) is 8.72. The molecule has 5 rings (SSSR count). The number of methoxy groups -OCH3 is 1. The Balaban J connectivity index is 0.00000190. The Morgan fingerprint density at radius 1 is 1.16 bits per heavy atom. The van der Waals surface area contributed by atoms with E-state index in [0.29, 0.717) is 54.0 Å². The number of rotatable bonds is 7. The van der Waals surface area contributed by atoms with Crippen LogP contribution in [0.5, 0.6) is 17.2 Å². The summed E-state index contributed by atoms with van der Waals surface area (Å²) < 4.78 is 31.3. The first-order valence-electron chi connectivity index (χ1n) is 11.7. The van der Waals surface area contributed by atoms with Crippen LogP contribution < -0.4 is 19.5 Å². The van der Waals surface area contributed by atoms with Gasteiger partial charge in [0.2, 0.25) is 0 Å². The van der Waals surface area contributed by atoms with E-state index in [2.05, 4.69) is 20.2 Å². The highest BCUT2D eigenvalue weighted by atomic mass is 35.5. The van der Waals surface area contributed by atoms with Crippen molar-refractivity contribution in [1.82, 2.24) is 20.2 Å². The summed E-state index contributed by atoms with van der Waals surface area (Å²) in [4.78, 5) is 10.9. The Morgan fingerprint density at radius 2 is 1.95 bits per heavy atom. The Morgan fingerprint density at radius 3 is 2.70 bits per heavy atom. The number of piperidine rings is 1. The molecule has 2 aliphatic heterocycles. The summed E-state index contributed by atoms with van der Waals surface area (Å²) in [6, 6.07) is 5.04. The zero-order valence-corrected chi connectivity index (χ0v) is 22.7. The van der Waals surface area contributed by atoms with Gasteiger partial charge in [-0.05, 0) is 24.5 Å². The Hall–Kier alpha value is -2.14.